The number of phenols is 1. The number of amides is 3. The molecule has 2 aromatic carbocycles. The number of nitrogens with one attached hydrogen (secondary N) is 1. The molecule has 1 saturated heterocycles. The normalized spacial score (nSPS) is 16.0. The van der Waals surface area contributed by atoms with Crippen molar-refractivity contribution in [2.75, 3.05) is 4.90 Å². The smallest absolute Gasteiger partial charge is 0.333 e. The Kier molecular flexibility index (Phi) is 4.54. The monoisotopic (exact) mass is 426 g/mol. The Hall–Kier alpha value is -2.02. The molecule has 3 amide bonds. The van der Waals surface area contributed by atoms with E-state index >= 15 is 0 Å². The fraction of sp³-hybridized carbons (Fsp3) is 0. The lowest BCUT2D eigenvalue weighted by Crippen LogP contribution is -2.30. The molecule has 0 atom stereocenters. The molecule has 0 aliphatic carbocycles. The Balaban J connectivity index is 2.00. The number of aromatic hydroxyl groups is 1. The molecule has 2 N–H and O–H groups in total. The molecule has 5 nitrogen and oxygen atoms in total. The summed E-state index contributed by atoms with van der Waals surface area (Å²) in [6.07, 6.45) is 1.36. The van der Waals surface area contributed by atoms with Crippen molar-refractivity contribution in [2.45, 2.75) is 0 Å². The summed E-state index contributed by atoms with van der Waals surface area (Å²) in [6, 6.07) is 8.79. The fourth-order valence-electron chi connectivity index (χ4n) is 2.24. The summed E-state index contributed by atoms with van der Waals surface area (Å²) in [7, 11) is 0. The van der Waals surface area contributed by atoms with Crippen LogP contribution >= 0.6 is 39.1 Å². The van der Waals surface area contributed by atoms with Crippen molar-refractivity contribution >= 4 is 62.8 Å². The minimum atomic E-state index is -0.603. The van der Waals surface area contributed by atoms with Crippen LogP contribution in [0.4, 0.5) is 10.5 Å². The van der Waals surface area contributed by atoms with Crippen LogP contribution < -0.4 is 10.2 Å². The molecule has 0 saturated carbocycles. The van der Waals surface area contributed by atoms with E-state index in [1.807, 2.05) is 0 Å². The van der Waals surface area contributed by atoms with Gasteiger partial charge in [0.2, 0.25) is 0 Å². The van der Waals surface area contributed by atoms with Gasteiger partial charge in [0, 0.05) is 15.6 Å². The molecular weight excluding hydrogens is 419 g/mol. The molecule has 1 heterocycles. The molecule has 8 heteroatoms. The lowest BCUT2D eigenvalue weighted by Gasteiger charge is -2.11. The van der Waals surface area contributed by atoms with Crippen LogP contribution in [0.3, 0.4) is 0 Å². The van der Waals surface area contributed by atoms with Crippen molar-refractivity contribution in [1.29, 1.82) is 0 Å². The van der Waals surface area contributed by atoms with Gasteiger partial charge in [0.05, 0.1) is 10.2 Å². The fourth-order valence-corrected chi connectivity index (χ4v) is 3.25. The summed E-state index contributed by atoms with van der Waals surface area (Å²) in [6.45, 7) is 0. The molecule has 122 valence electrons. The SMILES string of the molecule is O=C1NC(=Cc2cc(Cl)cc(Br)c2O)C(=O)N1c1cccc(Cl)c1. The number of carbonyl (C=O) groups excluding carboxylic acids is 2. The predicted octanol–water partition coefficient (Wildman–Crippen LogP) is 4.56. The first kappa shape index (κ1) is 16.8. The molecule has 1 fully saturated rings. The Bertz CT molecular complexity index is 899. The van der Waals surface area contributed by atoms with Crippen LogP contribution in [0.5, 0.6) is 5.75 Å². The highest BCUT2D eigenvalue weighted by atomic mass is 79.9. The Morgan fingerprint density at radius 1 is 1.12 bits per heavy atom. The van der Waals surface area contributed by atoms with E-state index in [1.54, 1.807) is 18.2 Å². The predicted molar refractivity (Wildman–Crippen MR) is 96.3 cm³/mol. The summed E-state index contributed by atoms with van der Waals surface area (Å²) < 4.78 is 0.380. The first-order valence-corrected chi connectivity index (χ1v) is 8.22. The molecule has 2 aromatic rings. The van der Waals surface area contributed by atoms with Crippen molar-refractivity contribution in [1.82, 2.24) is 5.32 Å². The second-order valence-corrected chi connectivity index (χ2v) is 6.66. The topological polar surface area (TPSA) is 69.6 Å². The third-order valence-electron chi connectivity index (χ3n) is 3.30. The first-order chi connectivity index (χ1) is 11.4. The van der Waals surface area contributed by atoms with Gasteiger partial charge in [0.25, 0.3) is 5.91 Å². The molecule has 0 unspecified atom stereocenters. The number of anilines is 1. The van der Waals surface area contributed by atoms with Crippen LogP contribution in [0.2, 0.25) is 10.0 Å². The second kappa shape index (κ2) is 6.47. The number of halogens is 3. The second-order valence-electron chi connectivity index (χ2n) is 4.93. The summed E-state index contributed by atoms with van der Waals surface area (Å²) in [5, 5.41) is 13.3. The van der Waals surface area contributed by atoms with Gasteiger partial charge in [-0.05, 0) is 52.3 Å². The Labute approximate surface area is 155 Å². The zero-order valence-corrected chi connectivity index (χ0v) is 15.0. The van der Waals surface area contributed by atoms with Crippen molar-refractivity contribution < 1.29 is 14.7 Å². The largest absolute Gasteiger partial charge is 0.506 e. The molecule has 1 aliphatic rings. The van der Waals surface area contributed by atoms with E-state index in [4.69, 9.17) is 23.2 Å². The molecule has 0 radical (unpaired) electrons. The maximum absolute atomic E-state index is 12.5. The average Bonchev–Trinajstić information content (AvgIpc) is 2.78. The highest BCUT2D eigenvalue weighted by molar-refractivity contribution is 9.10. The van der Waals surface area contributed by atoms with E-state index in [1.165, 1.54) is 24.3 Å². The molecule has 1 aliphatic heterocycles. The number of benzene rings is 2. The minimum Gasteiger partial charge on any atom is -0.506 e. The zero-order valence-electron chi connectivity index (χ0n) is 11.9. The number of hydrogen-bond donors (Lipinski definition) is 2. The number of urea groups is 1. The van der Waals surface area contributed by atoms with Crippen LogP contribution in [-0.2, 0) is 4.79 Å². The van der Waals surface area contributed by atoms with Gasteiger partial charge < -0.3 is 10.4 Å². The maximum atomic E-state index is 12.5. The number of hydrogen-bond acceptors (Lipinski definition) is 3. The van der Waals surface area contributed by atoms with Crippen LogP contribution in [-0.4, -0.2) is 17.0 Å². The summed E-state index contributed by atoms with van der Waals surface area (Å²) >= 11 is 15.0. The quantitative estimate of drug-likeness (QED) is 0.545. The average molecular weight is 428 g/mol. The Morgan fingerprint density at radius 2 is 1.88 bits per heavy atom. The standard InChI is InChI=1S/C16H9BrCl2N2O3/c17-12-7-10(19)4-8(14(12)22)5-13-15(23)21(16(24)20-13)11-3-1-2-9(18)6-11/h1-7,22H,(H,20,24). The number of phenolic OH excluding ortho intramolecular Hbond substituents is 1. The van der Waals surface area contributed by atoms with E-state index in [2.05, 4.69) is 21.2 Å². The van der Waals surface area contributed by atoms with Gasteiger partial charge in [-0.3, -0.25) is 4.79 Å². The Morgan fingerprint density at radius 3 is 2.58 bits per heavy atom. The third kappa shape index (κ3) is 3.13. The van der Waals surface area contributed by atoms with Crippen LogP contribution in [0.25, 0.3) is 6.08 Å². The molecule has 0 bridgehead atoms. The van der Waals surface area contributed by atoms with Crippen LogP contribution in [0, 0.1) is 0 Å². The number of rotatable bonds is 2. The summed E-state index contributed by atoms with van der Waals surface area (Å²) in [5.41, 5.74) is 0.667. The third-order valence-corrected chi connectivity index (χ3v) is 4.36. The molecule has 0 spiro atoms. The van der Waals surface area contributed by atoms with E-state index in [9.17, 15) is 14.7 Å². The van der Waals surface area contributed by atoms with Crippen molar-refractivity contribution in [3.63, 3.8) is 0 Å². The van der Waals surface area contributed by atoms with Gasteiger partial charge in [-0.25, -0.2) is 9.69 Å². The highest BCUT2D eigenvalue weighted by Gasteiger charge is 2.35. The van der Waals surface area contributed by atoms with Gasteiger partial charge in [-0.1, -0.05) is 29.3 Å². The molecule has 0 aromatic heterocycles. The summed E-state index contributed by atoms with van der Waals surface area (Å²) in [4.78, 5) is 25.6. The van der Waals surface area contributed by atoms with Gasteiger partial charge in [0.15, 0.2) is 0 Å². The van der Waals surface area contributed by atoms with Crippen molar-refractivity contribution in [3.8, 4) is 5.75 Å². The van der Waals surface area contributed by atoms with E-state index in [-0.39, 0.29) is 11.4 Å². The number of nitrogens with zero attached hydrogens (tertiary/aromatic N) is 1. The van der Waals surface area contributed by atoms with Gasteiger partial charge in [-0.2, -0.15) is 0 Å². The van der Waals surface area contributed by atoms with E-state index < -0.39 is 11.9 Å². The maximum Gasteiger partial charge on any atom is 0.333 e. The number of carbonyl (C=O) groups is 2. The van der Waals surface area contributed by atoms with Crippen molar-refractivity contribution in [2.24, 2.45) is 0 Å². The number of imide groups is 1. The van der Waals surface area contributed by atoms with E-state index in [0.29, 0.717) is 25.8 Å². The summed E-state index contributed by atoms with van der Waals surface area (Å²) in [5.74, 6) is -0.645. The van der Waals surface area contributed by atoms with Crippen LogP contribution in [0.1, 0.15) is 5.56 Å². The van der Waals surface area contributed by atoms with Crippen molar-refractivity contribution in [3.05, 3.63) is 62.2 Å². The zero-order chi connectivity index (χ0) is 17.4. The minimum absolute atomic E-state index is 0.0180. The lowest BCUT2D eigenvalue weighted by atomic mass is 10.1. The highest BCUT2D eigenvalue weighted by Crippen LogP contribution is 2.33. The first-order valence-electron chi connectivity index (χ1n) is 6.67. The van der Waals surface area contributed by atoms with Gasteiger partial charge in [0.1, 0.15) is 11.4 Å². The lowest BCUT2D eigenvalue weighted by molar-refractivity contribution is -0.113. The molecular formula is C16H9BrCl2N2O3. The molecule has 3 rings (SSSR count). The van der Waals surface area contributed by atoms with Gasteiger partial charge >= 0.3 is 6.03 Å². The van der Waals surface area contributed by atoms with Crippen LogP contribution in [0.15, 0.2) is 46.6 Å². The molecule has 24 heavy (non-hydrogen) atoms. The van der Waals surface area contributed by atoms with E-state index in [0.717, 1.165) is 4.90 Å². The van der Waals surface area contributed by atoms with Gasteiger partial charge in [-0.15, -0.1) is 0 Å².